The van der Waals surface area contributed by atoms with Crippen LogP contribution in [0.2, 0.25) is 0 Å². The van der Waals surface area contributed by atoms with E-state index >= 15 is 19.2 Å². The number of cyclic esters (lactones) is 1. The van der Waals surface area contributed by atoms with Gasteiger partial charge in [-0.3, -0.25) is 19.3 Å². The summed E-state index contributed by atoms with van der Waals surface area (Å²) >= 11 is 0. The third kappa shape index (κ3) is 9.16. The minimum Gasteiger partial charge on any atom is -0.508 e. The number of amides is 4. The number of esters is 2. The van der Waals surface area contributed by atoms with Gasteiger partial charge >= 0.3 is 18.0 Å². The molecule has 74 heavy (non-hydrogen) atoms. The van der Waals surface area contributed by atoms with Gasteiger partial charge in [-0.05, 0) is 108 Å². The maximum atomic E-state index is 16.8. The van der Waals surface area contributed by atoms with Crippen LogP contribution in [0, 0.1) is 23.7 Å². The van der Waals surface area contributed by atoms with E-state index in [1.54, 1.807) is 56.3 Å². The van der Waals surface area contributed by atoms with Crippen LogP contribution in [-0.4, -0.2) is 96.0 Å². The molecule has 4 fully saturated rings. The lowest BCUT2D eigenvalue weighted by Crippen LogP contribution is -2.57. The summed E-state index contributed by atoms with van der Waals surface area (Å²) in [5.74, 6) is 1.15. The topological polar surface area (TPSA) is 187 Å². The minimum atomic E-state index is -2.15. The number of urea groups is 1. The highest BCUT2D eigenvalue weighted by Gasteiger charge is 2.75. The Bertz CT molecular complexity index is 2960. The molecule has 4 amide bonds. The number of methoxy groups -OCH3 is 1. The molecule has 15 nitrogen and oxygen atoms in total. The van der Waals surface area contributed by atoms with Crippen LogP contribution in [0.15, 0.2) is 127 Å². The number of phenols is 1. The van der Waals surface area contributed by atoms with E-state index in [0.717, 1.165) is 36.3 Å². The fraction of sp³-hybridized carbons (Fsp3) is 0.373. The Morgan fingerprint density at radius 1 is 0.784 bits per heavy atom. The molecule has 0 aromatic heterocycles. The van der Waals surface area contributed by atoms with E-state index in [1.807, 2.05) is 77.7 Å². The molecule has 10 rings (SSSR count). The second-order valence-electron chi connectivity index (χ2n) is 20.3. The molecule has 3 saturated heterocycles. The van der Waals surface area contributed by atoms with E-state index in [2.05, 4.69) is 27.4 Å². The smallest absolute Gasteiger partial charge is 0.329 e. The Morgan fingerprint density at radius 3 is 2.07 bits per heavy atom. The van der Waals surface area contributed by atoms with Crippen molar-refractivity contribution < 1.29 is 48.4 Å². The number of fused-ring (bicyclic) bond motifs is 3. The predicted molar refractivity (Wildman–Crippen MR) is 277 cm³/mol. The molecule has 0 bridgehead atoms. The largest absolute Gasteiger partial charge is 0.508 e. The number of nitrogens with one attached hydrogen (secondary N) is 2. The molecule has 0 radical (unpaired) electrons. The molecule has 5 aromatic carbocycles. The number of hydrogen-bond donors (Lipinski definition) is 4. The molecule has 1 saturated carbocycles. The fourth-order valence-electron chi connectivity index (χ4n) is 11.9. The minimum absolute atomic E-state index is 0.0670. The van der Waals surface area contributed by atoms with E-state index < -0.39 is 82.9 Å². The molecule has 1 spiro atoms. The van der Waals surface area contributed by atoms with E-state index in [-0.39, 0.29) is 17.0 Å². The number of rotatable bonds is 9. The van der Waals surface area contributed by atoms with Crippen molar-refractivity contribution in [1.82, 2.24) is 10.2 Å². The summed E-state index contributed by atoms with van der Waals surface area (Å²) in [5, 5.41) is 28.5. The van der Waals surface area contributed by atoms with Crippen molar-refractivity contribution in [3.05, 3.63) is 155 Å². The van der Waals surface area contributed by atoms with Crippen LogP contribution >= 0.6 is 0 Å². The van der Waals surface area contributed by atoms with Crippen molar-refractivity contribution in [3.63, 3.8) is 0 Å². The maximum absolute atomic E-state index is 16.8. The Kier molecular flexibility index (Phi) is 14.1. The first-order valence-corrected chi connectivity index (χ1v) is 25.6. The molecular weight excluding hydrogens is 939 g/mol. The van der Waals surface area contributed by atoms with E-state index in [0.29, 0.717) is 67.1 Å². The lowest BCUT2D eigenvalue weighted by molar-refractivity contribution is -0.177. The van der Waals surface area contributed by atoms with E-state index in [1.165, 1.54) is 19.2 Å². The third-order valence-electron chi connectivity index (χ3n) is 15.4. The number of imide groups is 1. The molecule has 4 aliphatic heterocycles. The van der Waals surface area contributed by atoms with Gasteiger partial charge < -0.3 is 40.0 Å². The van der Waals surface area contributed by atoms with Crippen molar-refractivity contribution in [2.75, 3.05) is 48.5 Å². The highest BCUT2D eigenvalue weighted by atomic mass is 16.6. The van der Waals surface area contributed by atoms with Gasteiger partial charge in [0.25, 0.3) is 0 Å². The number of nitrogens with zero attached hydrogens (tertiary/aromatic N) is 3. The Morgan fingerprint density at radius 2 is 1.43 bits per heavy atom. The number of phenolic OH excluding ortho intramolecular Hbond substituents is 1. The van der Waals surface area contributed by atoms with Gasteiger partial charge in [-0.1, -0.05) is 111 Å². The quantitative estimate of drug-likeness (QED) is 0.0637. The average Bonchev–Trinajstić information content (AvgIpc) is 3.79. The molecule has 4 heterocycles. The van der Waals surface area contributed by atoms with Crippen LogP contribution in [0.5, 0.6) is 5.75 Å². The number of aromatic hydroxyl groups is 1. The molecule has 7 unspecified atom stereocenters. The number of carbonyl (C=O) groups is 5. The van der Waals surface area contributed by atoms with Gasteiger partial charge in [0.2, 0.25) is 11.8 Å². The number of hydrogen-bond acceptors (Lipinski definition) is 12. The normalized spacial score (nSPS) is 24.7. The molecule has 382 valence electrons. The molecule has 15 heteroatoms. The van der Waals surface area contributed by atoms with Gasteiger partial charge in [0.05, 0.1) is 44.0 Å². The zero-order valence-electron chi connectivity index (χ0n) is 41.7. The Balaban J connectivity index is 1.23. The summed E-state index contributed by atoms with van der Waals surface area (Å²) in [4.78, 5) is 81.9. The lowest BCUT2D eigenvalue weighted by Gasteiger charge is -2.46. The predicted octanol–water partition coefficient (Wildman–Crippen LogP) is 7.88. The van der Waals surface area contributed by atoms with Crippen LogP contribution in [0.3, 0.4) is 0 Å². The molecule has 7 atom stereocenters. The summed E-state index contributed by atoms with van der Waals surface area (Å²) < 4.78 is 17.3. The first-order chi connectivity index (χ1) is 35.8. The molecule has 1 aliphatic carbocycles. The molecule has 5 aromatic rings. The second-order valence-corrected chi connectivity index (χ2v) is 20.3. The summed E-state index contributed by atoms with van der Waals surface area (Å²) in [5.41, 5.74) is 0.412. The summed E-state index contributed by atoms with van der Waals surface area (Å²) in [7, 11) is 1.21. The SMILES string of the molecule is COC(=O)C(NC(=O)N1C(=O)C2(c3cc(C#CC4(O)CCCCCC4)ccc31)C(C(=O)Nc1ccc(N3CCOCC3)cc1)C1C(=O)OC(c3ccccc3)C(c3ccccc3)N1C2c1ccc(O)cc1)C(C)C. The van der Waals surface area contributed by atoms with Crippen LogP contribution < -0.4 is 20.4 Å². The number of aliphatic hydroxyl groups is 1. The average molecular weight is 1000 g/mol. The fourth-order valence-corrected chi connectivity index (χ4v) is 11.9. The monoisotopic (exact) mass is 999 g/mol. The van der Waals surface area contributed by atoms with Gasteiger partial charge in [-0.2, -0.15) is 0 Å². The van der Waals surface area contributed by atoms with Gasteiger partial charge in [-0.25, -0.2) is 14.5 Å². The number of anilines is 3. The zero-order valence-corrected chi connectivity index (χ0v) is 41.7. The van der Waals surface area contributed by atoms with Gasteiger partial charge in [0.1, 0.15) is 35.0 Å². The molecule has 4 N–H and O–H groups in total. The summed E-state index contributed by atoms with van der Waals surface area (Å²) in [6.07, 6.45) is 3.58. The third-order valence-corrected chi connectivity index (χ3v) is 15.4. The van der Waals surface area contributed by atoms with Gasteiger partial charge in [0.15, 0.2) is 0 Å². The maximum Gasteiger partial charge on any atom is 0.329 e. The van der Waals surface area contributed by atoms with Crippen LogP contribution in [0.4, 0.5) is 21.9 Å². The van der Waals surface area contributed by atoms with Crippen molar-refractivity contribution in [1.29, 1.82) is 0 Å². The van der Waals surface area contributed by atoms with Crippen molar-refractivity contribution in [2.24, 2.45) is 11.8 Å². The zero-order chi connectivity index (χ0) is 51.7. The highest BCUT2D eigenvalue weighted by Crippen LogP contribution is 2.66. The van der Waals surface area contributed by atoms with E-state index in [9.17, 15) is 15.0 Å². The van der Waals surface area contributed by atoms with Crippen LogP contribution in [-0.2, 0) is 38.8 Å². The first-order valence-electron chi connectivity index (χ1n) is 25.6. The van der Waals surface area contributed by atoms with Crippen LogP contribution in [0.1, 0.15) is 98.4 Å². The van der Waals surface area contributed by atoms with Gasteiger partial charge in [0, 0.05) is 30.0 Å². The molecular formula is C59H61N5O10. The van der Waals surface area contributed by atoms with E-state index in [4.69, 9.17) is 14.2 Å². The standard InChI is InChI=1S/C59H61N5O10/c1-37(2)48(54(67)72-3)61-57(70)63-46-27-18-38(28-31-58(71)29-12-4-5-13-30-58)36-45(46)59(56(63)69)47(53(66)60-42-21-23-43(24-22-42)62-32-34-73-35-33-62)50-55(68)74-51(40-16-10-7-11-17-40)49(39-14-8-6-9-15-39)64(50)52(59)41-19-25-44(65)26-20-41/h6-11,14-27,36-37,47-52,65,71H,4-5,12-13,29-30,32-35H2,1-3H3,(H,60,66)(H,61,70). The number of ether oxygens (including phenoxy) is 3. The van der Waals surface area contributed by atoms with Crippen molar-refractivity contribution >= 4 is 46.8 Å². The lowest BCUT2D eigenvalue weighted by atomic mass is 9.65. The van der Waals surface area contributed by atoms with Gasteiger partial charge in [-0.15, -0.1) is 0 Å². The number of benzene rings is 5. The Labute approximate surface area is 430 Å². The van der Waals surface area contributed by atoms with Crippen molar-refractivity contribution in [3.8, 4) is 17.6 Å². The summed E-state index contributed by atoms with van der Waals surface area (Å²) in [6, 6.07) is 31.6. The van der Waals surface area contributed by atoms with Crippen LogP contribution in [0.25, 0.3) is 0 Å². The Hall–Kier alpha value is -7.51. The van der Waals surface area contributed by atoms with Crippen molar-refractivity contribution in [2.45, 2.75) is 93.7 Å². The number of carbonyl (C=O) groups excluding carboxylic acids is 5. The second kappa shape index (κ2) is 20.8. The highest BCUT2D eigenvalue weighted by molar-refractivity contribution is 6.25. The number of morpholine rings is 2. The molecule has 5 aliphatic rings. The first kappa shape index (κ1) is 50.0. The summed E-state index contributed by atoms with van der Waals surface area (Å²) in [6.45, 7) is 6.00.